The van der Waals surface area contributed by atoms with E-state index in [9.17, 15) is 4.79 Å². The molecule has 0 bridgehead atoms. The number of anilines is 1. The Bertz CT molecular complexity index is 1130. The Morgan fingerprint density at radius 1 is 1.10 bits per heavy atom. The molecule has 1 N–H and O–H groups in total. The average Bonchev–Trinajstić information content (AvgIpc) is 3.29. The van der Waals surface area contributed by atoms with Crippen molar-refractivity contribution >= 4 is 34.8 Å². The number of piperidine rings is 1. The van der Waals surface area contributed by atoms with Gasteiger partial charge < -0.3 is 0 Å². The molecule has 1 aliphatic carbocycles. The molecular weight excluding hydrogens is 419 g/mol. The predicted molar refractivity (Wildman–Crippen MR) is 120 cm³/mol. The minimum absolute atomic E-state index is 0.164. The number of nitrogens with one attached hydrogen (secondary N) is 1. The Hall–Kier alpha value is -2.34. The third-order valence-corrected chi connectivity index (χ3v) is 6.45. The van der Waals surface area contributed by atoms with Gasteiger partial charge in [0.25, 0.3) is 5.91 Å². The molecule has 7 heteroatoms. The summed E-state index contributed by atoms with van der Waals surface area (Å²) in [6.07, 6.45) is 3.95. The van der Waals surface area contributed by atoms with E-state index in [0.29, 0.717) is 27.8 Å². The second kappa shape index (κ2) is 7.73. The first-order valence-corrected chi connectivity index (χ1v) is 11.0. The van der Waals surface area contributed by atoms with Crippen molar-refractivity contribution in [2.45, 2.75) is 32.6 Å². The lowest BCUT2D eigenvalue weighted by molar-refractivity contribution is 0.0867. The fourth-order valence-electron chi connectivity index (χ4n) is 4.46. The number of hydrazine groups is 1. The molecule has 2 aromatic carbocycles. The highest BCUT2D eigenvalue weighted by Crippen LogP contribution is 2.39. The van der Waals surface area contributed by atoms with Gasteiger partial charge in [-0.15, -0.1) is 0 Å². The van der Waals surface area contributed by atoms with Gasteiger partial charge in [0, 0.05) is 35.7 Å². The number of amides is 1. The fourth-order valence-corrected chi connectivity index (χ4v) is 4.95. The number of aromatic nitrogens is 2. The third kappa shape index (κ3) is 3.31. The first-order chi connectivity index (χ1) is 14.5. The number of benzene rings is 2. The molecule has 1 amide bonds. The molecule has 154 valence electrons. The summed E-state index contributed by atoms with van der Waals surface area (Å²) in [5.41, 5.74) is 6.54. The Morgan fingerprint density at radius 2 is 1.90 bits per heavy atom. The van der Waals surface area contributed by atoms with E-state index in [1.54, 1.807) is 17.1 Å². The Morgan fingerprint density at radius 3 is 2.67 bits per heavy atom. The van der Waals surface area contributed by atoms with Crippen LogP contribution in [0.15, 0.2) is 36.4 Å². The van der Waals surface area contributed by atoms with Crippen molar-refractivity contribution in [3.05, 3.63) is 68.8 Å². The fraction of sp³-hybridized carbons (Fsp3) is 0.304. The number of carbonyl (C=O) groups is 1. The van der Waals surface area contributed by atoms with Crippen molar-refractivity contribution in [3.63, 3.8) is 0 Å². The van der Waals surface area contributed by atoms with Gasteiger partial charge in [-0.05, 0) is 43.5 Å². The number of hydrogen-bond acceptors (Lipinski definition) is 3. The highest BCUT2D eigenvalue weighted by atomic mass is 35.5. The van der Waals surface area contributed by atoms with Crippen LogP contribution in [0.2, 0.25) is 10.0 Å². The quantitative estimate of drug-likeness (QED) is 0.448. The van der Waals surface area contributed by atoms with Crippen molar-refractivity contribution < 1.29 is 4.79 Å². The summed E-state index contributed by atoms with van der Waals surface area (Å²) < 4.78 is 0. The molecule has 0 unspecified atom stereocenters. The van der Waals surface area contributed by atoms with Crippen molar-refractivity contribution in [3.8, 4) is 11.3 Å². The largest absolute Gasteiger partial charge is 0.293 e. The second-order valence-corrected chi connectivity index (χ2v) is 8.83. The molecule has 1 aliphatic heterocycles. The number of nitrogens with zero attached hydrogens (tertiary/aromatic N) is 3. The summed E-state index contributed by atoms with van der Waals surface area (Å²) in [6, 6.07) is 11.6. The standard InChI is InChI=1S/C23H22Cl2N4O/c1-14-5-7-17-15(11-14)12-18-21(17)26-27-22(18)23(30)29(28-9-3-2-4-10-28)20-8-6-16(24)13-19(20)25/h5-8,11,13H,2-4,9-10,12H2,1H3,(H,26,27). The lowest BCUT2D eigenvalue weighted by Gasteiger charge is -2.37. The van der Waals surface area contributed by atoms with E-state index in [0.717, 1.165) is 42.8 Å². The molecule has 5 rings (SSSR count). The topological polar surface area (TPSA) is 52.2 Å². The molecule has 30 heavy (non-hydrogen) atoms. The molecular formula is C23H22Cl2N4O. The maximum Gasteiger partial charge on any atom is 0.293 e. The van der Waals surface area contributed by atoms with E-state index >= 15 is 0 Å². The number of fused-ring (bicyclic) bond motifs is 3. The number of aromatic amines is 1. The molecule has 0 spiro atoms. The van der Waals surface area contributed by atoms with Gasteiger partial charge in [-0.3, -0.25) is 9.89 Å². The Balaban J connectivity index is 1.56. The minimum Gasteiger partial charge on any atom is -0.277 e. The van der Waals surface area contributed by atoms with Crippen LogP contribution in [-0.2, 0) is 6.42 Å². The van der Waals surface area contributed by atoms with E-state index in [4.69, 9.17) is 23.2 Å². The van der Waals surface area contributed by atoms with Crippen molar-refractivity contribution in [2.24, 2.45) is 0 Å². The summed E-state index contributed by atoms with van der Waals surface area (Å²) in [5.74, 6) is -0.164. The van der Waals surface area contributed by atoms with Gasteiger partial charge in [0.1, 0.15) is 0 Å². The summed E-state index contributed by atoms with van der Waals surface area (Å²) in [6.45, 7) is 3.69. The van der Waals surface area contributed by atoms with Crippen LogP contribution in [0.25, 0.3) is 11.3 Å². The van der Waals surface area contributed by atoms with Crippen LogP contribution in [0.3, 0.4) is 0 Å². The average molecular weight is 441 g/mol. The SMILES string of the molecule is Cc1ccc2c(c1)Cc1c(C(=O)N(c3ccc(Cl)cc3Cl)N3CCCCC3)n[nH]c1-2. The molecule has 5 nitrogen and oxygen atoms in total. The molecule has 0 atom stereocenters. The molecule has 3 aromatic rings. The summed E-state index contributed by atoms with van der Waals surface area (Å²) in [7, 11) is 0. The summed E-state index contributed by atoms with van der Waals surface area (Å²) >= 11 is 12.6. The van der Waals surface area contributed by atoms with Gasteiger partial charge >= 0.3 is 0 Å². The number of rotatable bonds is 3. The van der Waals surface area contributed by atoms with Crippen LogP contribution in [0, 0.1) is 6.92 Å². The van der Waals surface area contributed by atoms with Crippen LogP contribution < -0.4 is 5.01 Å². The normalized spacial score (nSPS) is 15.7. The highest BCUT2D eigenvalue weighted by Gasteiger charge is 2.34. The molecule has 1 saturated heterocycles. The van der Waals surface area contributed by atoms with E-state index in [1.165, 1.54) is 17.5 Å². The molecule has 2 aliphatic rings. The van der Waals surface area contributed by atoms with Gasteiger partial charge in [-0.1, -0.05) is 53.4 Å². The molecule has 0 radical (unpaired) electrons. The van der Waals surface area contributed by atoms with Crippen LogP contribution in [-0.4, -0.2) is 34.2 Å². The summed E-state index contributed by atoms with van der Waals surface area (Å²) in [4.78, 5) is 13.8. The number of halogens is 2. The zero-order chi connectivity index (χ0) is 20.8. The first-order valence-electron chi connectivity index (χ1n) is 10.2. The van der Waals surface area contributed by atoms with E-state index in [1.807, 2.05) is 6.07 Å². The Kier molecular flexibility index (Phi) is 5.05. The Labute approximate surface area is 185 Å². The lowest BCUT2D eigenvalue weighted by Crippen LogP contribution is -2.49. The number of hydrogen-bond donors (Lipinski definition) is 1. The zero-order valence-electron chi connectivity index (χ0n) is 16.7. The predicted octanol–water partition coefficient (Wildman–Crippen LogP) is 5.64. The van der Waals surface area contributed by atoms with Crippen molar-refractivity contribution in [1.29, 1.82) is 0 Å². The molecule has 1 aromatic heterocycles. The van der Waals surface area contributed by atoms with Gasteiger partial charge in [0.2, 0.25) is 0 Å². The monoisotopic (exact) mass is 440 g/mol. The highest BCUT2D eigenvalue weighted by molar-refractivity contribution is 6.37. The molecule has 0 saturated carbocycles. The minimum atomic E-state index is -0.164. The van der Waals surface area contributed by atoms with Gasteiger partial charge in [-0.2, -0.15) is 5.10 Å². The zero-order valence-corrected chi connectivity index (χ0v) is 18.2. The van der Waals surface area contributed by atoms with Gasteiger partial charge in [-0.25, -0.2) is 10.0 Å². The lowest BCUT2D eigenvalue weighted by atomic mass is 10.1. The van der Waals surface area contributed by atoms with Crippen LogP contribution in [0.5, 0.6) is 0 Å². The van der Waals surface area contributed by atoms with Gasteiger partial charge in [0.15, 0.2) is 5.69 Å². The van der Waals surface area contributed by atoms with Crippen LogP contribution in [0.4, 0.5) is 5.69 Å². The van der Waals surface area contributed by atoms with Gasteiger partial charge in [0.05, 0.1) is 16.4 Å². The van der Waals surface area contributed by atoms with E-state index < -0.39 is 0 Å². The van der Waals surface area contributed by atoms with Crippen LogP contribution in [0.1, 0.15) is 46.4 Å². The smallest absolute Gasteiger partial charge is 0.277 e. The molecule has 1 fully saturated rings. The third-order valence-electron chi connectivity index (χ3n) is 5.91. The number of H-pyrrole nitrogens is 1. The van der Waals surface area contributed by atoms with Crippen LogP contribution >= 0.6 is 23.2 Å². The van der Waals surface area contributed by atoms with E-state index in [2.05, 4.69) is 40.3 Å². The number of carbonyl (C=O) groups excluding carboxylic acids is 1. The maximum atomic E-state index is 13.8. The summed E-state index contributed by atoms with van der Waals surface area (Å²) in [5, 5.41) is 12.3. The second-order valence-electron chi connectivity index (χ2n) is 7.99. The van der Waals surface area contributed by atoms with Crippen molar-refractivity contribution in [2.75, 3.05) is 18.1 Å². The number of aryl methyl sites for hydroxylation is 1. The van der Waals surface area contributed by atoms with Crippen molar-refractivity contribution in [1.82, 2.24) is 15.2 Å². The van der Waals surface area contributed by atoms with E-state index in [-0.39, 0.29) is 5.91 Å². The maximum absolute atomic E-state index is 13.8. The molecule has 2 heterocycles. The first kappa shape index (κ1) is 19.6.